The Labute approximate surface area is 118 Å². The third-order valence-electron chi connectivity index (χ3n) is 4.64. The second kappa shape index (κ2) is 7.04. The highest BCUT2D eigenvalue weighted by Gasteiger charge is 2.26. The SMILES string of the molecule is CCC(C)CC1CNCCC1Cc1ccc(C)nc1. The van der Waals surface area contributed by atoms with E-state index in [1.54, 1.807) is 0 Å². The molecule has 3 atom stereocenters. The molecule has 0 aliphatic carbocycles. The summed E-state index contributed by atoms with van der Waals surface area (Å²) in [6.07, 6.45) is 7.26. The largest absolute Gasteiger partial charge is 0.316 e. The molecular weight excluding hydrogens is 232 g/mol. The summed E-state index contributed by atoms with van der Waals surface area (Å²) in [6.45, 7) is 9.13. The van der Waals surface area contributed by atoms with E-state index in [-0.39, 0.29) is 0 Å². The summed E-state index contributed by atoms with van der Waals surface area (Å²) in [7, 11) is 0. The molecule has 0 amide bonds. The summed E-state index contributed by atoms with van der Waals surface area (Å²) in [6, 6.07) is 4.39. The monoisotopic (exact) mass is 260 g/mol. The fourth-order valence-electron chi connectivity index (χ4n) is 3.13. The zero-order valence-electron chi connectivity index (χ0n) is 12.7. The first-order valence-corrected chi connectivity index (χ1v) is 7.81. The third kappa shape index (κ3) is 4.31. The minimum Gasteiger partial charge on any atom is -0.316 e. The third-order valence-corrected chi connectivity index (χ3v) is 4.64. The summed E-state index contributed by atoms with van der Waals surface area (Å²) in [5.74, 6) is 2.52. The van der Waals surface area contributed by atoms with Gasteiger partial charge >= 0.3 is 0 Å². The van der Waals surface area contributed by atoms with Crippen LogP contribution in [0.4, 0.5) is 0 Å². The highest BCUT2D eigenvalue weighted by atomic mass is 14.9. The molecule has 3 unspecified atom stereocenters. The topological polar surface area (TPSA) is 24.9 Å². The van der Waals surface area contributed by atoms with Gasteiger partial charge in [-0.15, -0.1) is 0 Å². The van der Waals surface area contributed by atoms with Gasteiger partial charge in [0.15, 0.2) is 0 Å². The van der Waals surface area contributed by atoms with E-state index in [4.69, 9.17) is 0 Å². The summed E-state index contributed by atoms with van der Waals surface area (Å²) in [5.41, 5.74) is 2.52. The Kier molecular flexibility index (Phi) is 5.38. The molecule has 106 valence electrons. The van der Waals surface area contributed by atoms with Gasteiger partial charge in [-0.2, -0.15) is 0 Å². The lowest BCUT2D eigenvalue weighted by Gasteiger charge is -2.34. The van der Waals surface area contributed by atoms with Crippen LogP contribution in [0.2, 0.25) is 0 Å². The van der Waals surface area contributed by atoms with Crippen molar-refractivity contribution in [3.63, 3.8) is 0 Å². The van der Waals surface area contributed by atoms with Crippen molar-refractivity contribution >= 4 is 0 Å². The molecule has 0 spiro atoms. The molecule has 0 radical (unpaired) electrons. The molecule has 1 N–H and O–H groups in total. The molecule has 1 fully saturated rings. The minimum absolute atomic E-state index is 0.833. The number of hydrogen-bond acceptors (Lipinski definition) is 2. The number of aromatic nitrogens is 1. The van der Waals surface area contributed by atoms with E-state index in [1.807, 2.05) is 0 Å². The second-order valence-corrected chi connectivity index (χ2v) is 6.27. The molecule has 2 nitrogen and oxygen atoms in total. The molecule has 1 saturated heterocycles. The molecule has 0 bridgehead atoms. The van der Waals surface area contributed by atoms with Crippen LogP contribution in [0.3, 0.4) is 0 Å². The molecule has 0 saturated carbocycles. The molecule has 2 heteroatoms. The van der Waals surface area contributed by atoms with Crippen molar-refractivity contribution in [1.82, 2.24) is 10.3 Å². The van der Waals surface area contributed by atoms with Crippen LogP contribution in [-0.2, 0) is 6.42 Å². The Morgan fingerprint density at radius 3 is 2.89 bits per heavy atom. The maximum atomic E-state index is 4.43. The van der Waals surface area contributed by atoms with E-state index in [2.05, 4.69) is 49.4 Å². The number of piperidine rings is 1. The Morgan fingerprint density at radius 2 is 2.21 bits per heavy atom. The maximum absolute atomic E-state index is 4.43. The van der Waals surface area contributed by atoms with Gasteiger partial charge in [0.05, 0.1) is 0 Å². The Bertz CT molecular complexity index is 371. The first-order chi connectivity index (χ1) is 9.19. The molecule has 1 aliphatic heterocycles. The molecule has 2 heterocycles. The van der Waals surface area contributed by atoms with Crippen molar-refractivity contribution in [2.24, 2.45) is 17.8 Å². The van der Waals surface area contributed by atoms with Gasteiger partial charge < -0.3 is 5.32 Å². The van der Waals surface area contributed by atoms with E-state index in [1.165, 1.54) is 44.3 Å². The van der Waals surface area contributed by atoms with Gasteiger partial charge in [-0.25, -0.2) is 0 Å². The lowest BCUT2D eigenvalue weighted by atomic mass is 9.77. The van der Waals surface area contributed by atoms with Crippen molar-refractivity contribution in [1.29, 1.82) is 0 Å². The molecule has 1 aliphatic rings. The summed E-state index contributed by atoms with van der Waals surface area (Å²) < 4.78 is 0. The van der Waals surface area contributed by atoms with Crippen molar-refractivity contribution < 1.29 is 0 Å². The molecule has 1 aromatic heterocycles. The van der Waals surface area contributed by atoms with Gasteiger partial charge in [-0.1, -0.05) is 26.3 Å². The van der Waals surface area contributed by atoms with Crippen molar-refractivity contribution in [2.75, 3.05) is 13.1 Å². The van der Waals surface area contributed by atoms with Crippen molar-refractivity contribution in [3.8, 4) is 0 Å². The van der Waals surface area contributed by atoms with Gasteiger partial charge in [-0.05, 0) is 68.7 Å². The van der Waals surface area contributed by atoms with Crippen LogP contribution in [0.5, 0.6) is 0 Å². The van der Waals surface area contributed by atoms with Gasteiger partial charge in [0, 0.05) is 11.9 Å². The van der Waals surface area contributed by atoms with E-state index in [0.29, 0.717) is 0 Å². The van der Waals surface area contributed by atoms with E-state index < -0.39 is 0 Å². The number of pyridine rings is 1. The van der Waals surface area contributed by atoms with E-state index >= 15 is 0 Å². The smallest absolute Gasteiger partial charge is 0.0372 e. The summed E-state index contributed by atoms with van der Waals surface area (Å²) >= 11 is 0. The normalized spacial score (nSPS) is 25.2. The number of aryl methyl sites for hydroxylation is 1. The average Bonchev–Trinajstić information content (AvgIpc) is 2.43. The van der Waals surface area contributed by atoms with Crippen LogP contribution in [0.15, 0.2) is 18.3 Å². The number of nitrogens with one attached hydrogen (secondary N) is 1. The van der Waals surface area contributed by atoms with Gasteiger partial charge in [0.25, 0.3) is 0 Å². The number of hydrogen-bond donors (Lipinski definition) is 1. The van der Waals surface area contributed by atoms with Gasteiger partial charge in [0.2, 0.25) is 0 Å². The first kappa shape index (κ1) is 14.5. The van der Waals surface area contributed by atoms with Crippen molar-refractivity contribution in [2.45, 2.75) is 46.5 Å². The Hall–Kier alpha value is -0.890. The molecule has 1 aromatic rings. The Morgan fingerprint density at radius 1 is 1.37 bits per heavy atom. The predicted octanol–water partition coefficient (Wildman–Crippen LogP) is 3.59. The van der Waals surface area contributed by atoms with E-state index in [9.17, 15) is 0 Å². The standard InChI is InChI=1S/C17H28N2/c1-4-13(2)9-17-12-18-8-7-16(17)10-15-6-5-14(3)19-11-15/h5-6,11,13,16-18H,4,7-10,12H2,1-3H3. The average molecular weight is 260 g/mol. The molecule has 2 rings (SSSR count). The second-order valence-electron chi connectivity index (χ2n) is 6.27. The van der Waals surface area contributed by atoms with Crippen molar-refractivity contribution in [3.05, 3.63) is 29.6 Å². The van der Waals surface area contributed by atoms with Gasteiger partial charge in [0.1, 0.15) is 0 Å². The number of nitrogens with zero attached hydrogens (tertiary/aromatic N) is 1. The fraction of sp³-hybridized carbons (Fsp3) is 0.706. The summed E-state index contributed by atoms with van der Waals surface area (Å²) in [5, 5.41) is 3.57. The zero-order chi connectivity index (χ0) is 13.7. The zero-order valence-corrected chi connectivity index (χ0v) is 12.7. The lowest BCUT2D eigenvalue weighted by Crippen LogP contribution is -2.38. The van der Waals surface area contributed by atoms with Crippen LogP contribution < -0.4 is 5.32 Å². The summed E-state index contributed by atoms with van der Waals surface area (Å²) in [4.78, 5) is 4.43. The van der Waals surface area contributed by atoms with Crippen LogP contribution in [0.1, 0.15) is 44.4 Å². The van der Waals surface area contributed by atoms with E-state index in [0.717, 1.165) is 23.4 Å². The highest BCUT2D eigenvalue weighted by molar-refractivity contribution is 5.14. The number of rotatable bonds is 5. The molecule has 0 aromatic carbocycles. The predicted molar refractivity (Wildman–Crippen MR) is 81.2 cm³/mol. The maximum Gasteiger partial charge on any atom is 0.0372 e. The molecular formula is C17H28N2. The van der Waals surface area contributed by atoms with Crippen LogP contribution in [0, 0.1) is 24.7 Å². The van der Waals surface area contributed by atoms with Crippen LogP contribution >= 0.6 is 0 Å². The highest BCUT2D eigenvalue weighted by Crippen LogP contribution is 2.29. The Balaban J connectivity index is 1.97. The van der Waals surface area contributed by atoms with Crippen LogP contribution in [0.25, 0.3) is 0 Å². The first-order valence-electron chi connectivity index (χ1n) is 7.81. The van der Waals surface area contributed by atoms with Gasteiger partial charge in [-0.3, -0.25) is 4.98 Å². The van der Waals surface area contributed by atoms with Crippen LogP contribution in [-0.4, -0.2) is 18.1 Å². The fourth-order valence-corrected chi connectivity index (χ4v) is 3.13. The molecule has 19 heavy (non-hydrogen) atoms. The quantitative estimate of drug-likeness (QED) is 0.875. The minimum atomic E-state index is 0.833. The lowest BCUT2D eigenvalue weighted by molar-refractivity contribution is 0.212.